The third kappa shape index (κ3) is 7.30. The molecular formula is C25H31ClFN3O5. The van der Waals surface area contributed by atoms with Crippen molar-refractivity contribution in [3.63, 3.8) is 0 Å². The van der Waals surface area contributed by atoms with Gasteiger partial charge in [-0.1, -0.05) is 17.7 Å². The average molecular weight is 508 g/mol. The number of nitrogens with zero attached hydrogens (tertiary/aromatic N) is 1. The van der Waals surface area contributed by atoms with Crippen LogP contribution in [0, 0.1) is 5.82 Å². The number of anilines is 3. The molecule has 2 aromatic rings. The monoisotopic (exact) mass is 507 g/mol. The SMILES string of the molecule is CCN(c1ccc(C(COC)CC(=O)O)cc1NC(=O)Nc1ccc(Cl)cc1F)C1CCOCC1. The number of benzene rings is 2. The van der Waals surface area contributed by atoms with Crippen molar-refractivity contribution in [2.24, 2.45) is 0 Å². The van der Waals surface area contributed by atoms with Gasteiger partial charge in [0.2, 0.25) is 0 Å². The summed E-state index contributed by atoms with van der Waals surface area (Å²) in [7, 11) is 1.51. The van der Waals surface area contributed by atoms with Gasteiger partial charge in [0.25, 0.3) is 0 Å². The van der Waals surface area contributed by atoms with Crippen molar-refractivity contribution in [3.05, 3.63) is 52.8 Å². The highest BCUT2D eigenvalue weighted by Gasteiger charge is 2.25. The van der Waals surface area contributed by atoms with Crippen LogP contribution in [0.15, 0.2) is 36.4 Å². The van der Waals surface area contributed by atoms with E-state index in [1.54, 1.807) is 6.07 Å². The molecule has 3 N–H and O–H groups in total. The lowest BCUT2D eigenvalue weighted by molar-refractivity contribution is -0.137. The summed E-state index contributed by atoms with van der Waals surface area (Å²) >= 11 is 5.80. The Labute approximate surface area is 209 Å². The van der Waals surface area contributed by atoms with E-state index in [9.17, 15) is 19.1 Å². The molecule has 0 bridgehead atoms. The molecule has 0 spiro atoms. The van der Waals surface area contributed by atoms with Crippen LogP contribution in [0.4, 0.5) is 26.2 Å². The van der Waals surface area contributed by atoms with E-state index < -0.39 is 23.7 Å². The van der Waals surface area contributed by atoms with Gasteiger partial charge in [-0.15, -0.1) is 0 Å². The molecule has 10 heteroatoms. The Hall–Kier alpha value is -2.88. The Morgan fingerprint density at radius 3 is 2.54 bits per heavy atom. The largest absolute Gasteiger partial charge is 0.481 e. The summed E-state index contributed by atoms with van der Waals surface area (Å²) in [6.45, 7) is 4.27. The van der Waals surface area contributed by atoms with E-state index in [2.05, 4.69) is 15.5 Å². The Bertz CT molecular complexity index is 1030. The standard InChI is InChI=1S/C25H31ClFN3O5/c1-3-30(19-8-10-35-11-9-19)23-7-4-16(17(15-34-2)13-24(31)32)12-22(23)29-25(33)28-21-6-5-18(26)14-20(21)27/h4-7,12,14,17,19H,3,8-11,13,15H2,1-2H3,(H,31,32)(H2,28,29,33). The Morgan fingerprint density at radius 1 is 1.20 bits per heavy atom. The summed E-state index contributed by atoms with van der Waals surface area (Å²) in [4.78, 5) is 26.5. The van der Waals surface area contributed by atoms with Crippen LogP contribution in [0.2, 0.25) is 5.02 Å². The molecule has 0 radical (unpaired) electrons. The highest BCUT2D eigenvalue weighted by Crippen LogP contribution is 2.34. The van der Waals surface area contributed by atoms with Gasteiger partial charge in [0, 0.05) is 43.9 Å². The van der Waals surface area contributed by atoms with Gasteiger partial charge >= 0.3 is 12.0 Å². The molecule has 1 fully saturated rings. The Morgan fingerprint density at radius 2 is 1.91 bits per heavy atom. The van der Waals surface area contributed by atoms with Gasteiger partial charge in [0.1, 0.15) is 5.82 Å². The molecule has 1 atom stereocenters. The van der Waals surface area contributed by atoms with Crippen molar-refractivity contribution in [1.82, 2.24) is 0 Å². The third-order valence-corrected chi connectivity index (χ3v) is 6.23. The molecule has 0 aromatic heterocycles. The Kier molecular flexibility index (Phi) is 9.71. The number of hydrogen-bond acceptors (Lipinski definition) is 5. The number of carboxylic acid groups (broad SMARTS) is 1. The van der Waals surface area contributed by atoms with Crippen molar-refractivity contribution in [2.75, 3.05) is 49.0 Å². The summed E-state index contributed by atoms with van der Waals surface area (Å²) in [5.74, 6) is -2.00. The first kappa shape index (κ1) is 26.7. The first-order chi connectivity index (χ1) is 16.8. The van der Waals surface area contributed by atoms with E-state index >= 15 is 0 Å². The number of carbonyl (C=O) groups excluding carboxylic acids is 1. The second kappa shape index (κ2) is 12.7. The molecule has 2 aromatic carbocycles. The molecule has 1 unspecified atom stereocenters. The average Bonchev–Trinajstić information content (AvgIpc) is 2.82. The lowest BCUT2D eigenvalue weighted by Gasteiger charge is -2.36. The van der Waals surface area contributed by atoms with Gasteiger partial charge in [-0.3, -0.25) is 4.79 Å². The molecule has 35 heavy (non-hydrogen) atoms. The van der Waals surface area contributed by atoms with E-state index in [0.717, 1.165) is 24.6 Å². The highest BCUT2D eigenvalue weighted by atomic mass is 35.5. The Balaban J connectivity index is 1.94. The van der Waals surface area contributed by atoms with E-state index in [1.165, 1.54) is 19.2 Å². The summed E-state index contributed by atoms with van der Waals surface area (Å²) in [6.07, 6.45) is 1.58. The summed E-state index contributed by atoms with van der Waals surface area (Å²) in [5.41, 5.74) is 1.99. The number of nitrogens with one attached hydrogen (secondary N) is 2. The summed E-state index contributed by atoms with van der Waals surface area (Å²) in [6, 6.07) is 9.10. The van der Waals surface area contributed by atoms with Gasteiger partial charge in [0.15, 0.2) is 0 Å². The molecular weight excluding hydrogens is 477 g/mol. The third-order valence-electron chi connectivity index (χ3n) is 5.99. The molecule has 1 aliphatic rings. The molecule has 190 valence electrons. The molecule has 2 amide bonds. The zero-order chi connectivity index (χ0) is 25.4. The van der Waals surface area contributed by atoms with Crippen molar-refractivity contribution < 1.29 is 28.6 Å². The van der Waals surface area contributed by atoms with Crippen molar-refractivity contribution in [3.8, 4) is 0 Å². The van der Waals surface area contributed by atoms with Crippen molar-refractivity contribution in [2.45, 2.75) is 38.1 Å². The topological polar surface area (TPSA) is 100 Å². The minimum Gasteiger partial charge on any atom is -0.481 e. The fraction of sp³-hybridized carbons (Fsp3) is 0.440. The maximum Gasteiger partial charge on any atom is 0.323 e. The highest BCUT2D eigenvalue weighted by molar-refractivity contribution is 6.30. The van der Waals surface area contributed by atoms with E-state index in [-0.39, 0.29) is 29.8 Å². The summed E-state index contributed by atoms with van der Waals surface area (Å²) < 4.78 is 25.0. The normalized spacial score (nSPS) is 14.9. The van der Waals surface area contributed by atoms with Crippen LogP contribution in [0.25, 0.3) is 0 Å². The first-order valence-corrected chi connectivity index (χ1v) is 11.9. The van der Waals surface area contributed by atoms with Crippen LogP contribution in [-0.2, 0) is 14.3 Å². The minimum absolute atomic E-state index is 0.00971. The quantitative estimate of drug-likeness (QED) is 0.402. The second-order valence-corrected chi connectivity index (χ2v) is 8.80. The van der Waals surface area contributed by atoms with Crippen molar-refractivity contribution >= 4 is 40.7 Å². The molecule has 0 aliphatic carbocycles. The van der Waals surface area contributed by atoms with Crippen LogP contribution in [0.5, 0.6) is 0 Å². The maximum absolute atomic E-state index is 14.2. The smallest absolute Gasteiger partial charge is 0.323 e. The van der Waals surface area contributed by atoms with Gasteiger partial charge in [-0.05, 0) is 55.7 Å². The number of halogens is 2. The number of carboxylic acids is 1. The maximum atomic E-state index is 14.2. The van der Waals surface area contributed by atoms with Gasteiger partial charge in [-0.2, -0.15) is 0 Å². The van der Waals surface area contributed by atoms with E-state index in [4.69, 9.17) is 21.1 Å². The zero-order valence-corrected chi connectivity index (χ0v) is 20.6. The molecule has 1 aliphatic heterocycles. The number of ether oxygens (including phenoxy) is 2. The number of hydrogen-bond donors (Lipinski definition) is 3. The number of amides is 2. The lowest BCUT2D eigenvalue weighted by Crippen LogP contribution is -2.40. The fourth-order valence-electron chi connectivity index (χ4n) is 4.33. The number of carbonyl (C=O) groups is 2. The second-order valence-electron chi connectivity index (χ2n) is 8.36. The predicted octanol–water partition coefficient (Wildman–Crippen LogP) is 5.33. The number of rotatable bonds is 10. The van der Waals surface area contributed by atoms with Gasteiger partial charge in [-0.25, -0.2) is 9.18 Å². The molecule has 8 nitrogen and oxygen atoms in total. The lowest BCUT2D eigenvalue weighted by atomic mass is 9.95. The molecule has 0 saturated carbocycles. The van der Waals surface area contributed by atoms with E-state index in [1.807, 2.05) is 19.1 Å². The van der Waals surface area contributed by atoms with E-state index in [0.29, 0.717) is 31.0 Å². The summed E-state index contributed by atoms with van der Waals surface area (Å²) in [5, 5.41) is 14.9. The first-order valence-electron chi connectivity index (χ1n) is 11.5. The number of methoxy groups -OCH3 is 1. The van der Waals surface area contributed by atoms with Crippen molar-refractivity contribution in [1.29, 1.82) is 0 Å². The minimum atomic E-state index is -0.945. The van der Waals surface area contributed by atoms with Crippen LogP contribution in [0.1, 0.15) is 37.7 Å². The molecule has 1 heterocycles. The molecule has 1 saturated heterocycles. The van der Waals surface area contributed by atoms with Gasteiger partial charge < -0.3 is 30.1 Å². The fourth-order valence-corrected chi connectivity index (χ4v) is 4.49. The van der Waals surface area contributed by atoms with Crippen LogP contribution < -0.4 is 15.5 Å². The number of aliphatic carboxylic acids is 1. The van der Waals surface area contributed by atoms with Crippen LogP contribution >= 0.6 is 11.6 Å². The number of urea groups is 1. The predicted molar refractivity (Wildman–Crippen MR) is 134 cm³/mol. The zero-order valence-electron chi connectivity index (χ0n) is 19.9. The van der Waals surface area contributed by atoms with Gasteiger partial charge in [0.05, 0.1) is 30.1 Å². The van der Waals surface area contributed by atoms with Crippen LogP contribution in [-0.4, -0.2) is 56.6 Å². The van der Waals surface area contributed by atoms with Crippen LogP contribution in [0.3, 0.4) is 0 Å². The molecule has 3 rings (SSSR count).